The first-order valence-corrected chi connectivity index (χ1v) is 5.53. The number of unbranched alkanes of at least 4 members (excludes halogenated alkanes) is 1. The summed E-state index contributed by atoms with van der Waals surface area (Å²) in [6, 6.07) is 3.78. The number of hydrogen-bond donors (Lipinski definition) is 1. The lowest BCUT2D eigenvalue weighted by Gasteiger charge is -2.05. The third-order valence-electron chi connectivity index (χ3n) is 1.99. The molecule has 0 aliphatic rings. The van der Waals surface area contributed by atoms with Crippen LogP contribution < -0.4 is 5.32 Å². The number of hydrogen-bond acceptors (Lipinski definition) is 4. The Hall–Kier alpha value is -1.16. The molecule has 0 fully saturated rings. The summed E-state index contributed by atoms with van der Waals surface area (Å²) in [5.74, 6) is 0.825. The number of nitrogens with one attached hydrogen (secondary N) is 1. The highest BCUT2D eigenvalue weighted by Gasteiger charge is 1.92. The topological polar surface area (TPSA) is 47.0 Å². The first kappa shape index (κ1) is 11.9. The summed E-state index contributed by atoms with van der Waals surface area (Å²) in [5, 5.41) is 10.9. The molecule has 1 aromatic rings. The molecule has 0 amide bonds. The molecule has 15 heavy (non-hydrogen) atoms. The van der Waals surface area contributed by atoms with Gasteiger partial charge in [-0.1, -0.05) is 13.3 Å². The molecule has 0 bridgehead atoms. The van der Waals surface area contributed by atoms with Gasteiger partial charge >= 0.3 is 0 Å². The van der Waals surface area contributed by atoms with E-state index >= 15 is 0 Å². The molecule has 0 unspecified atom stereocenters. The Morgan fingerprint density at radius 2 is 2.20 bits per heavy atom. The molecule has 4 nitrogen and oxygen atoms in total. The van der Waals surface area contributed by atoms with Gasteiger partial charge in [0.05, 0.1) is 0 Å². The van der Waals surface area contributed by atoms with Crippen LogP contribution in [-0.4, -0.2) is 30.0 Å². The SMILES string of the molecule is CCCCOCCCNc1cccnn1. The standard InChI is InChI=1S/C11H19N3O/c1-2-3-9-15-10-5-7-12-11-6-4-8-13-14-11/h4,6,8H,2-3,5,7,9-10H2,1H3,(H,12,14). The third-order valence-corrected chi connectivity index (χ3v) is 1.99. The molecule has 0 saturated heterocycles. The largest absolute Gasteiger partial charge is 0.381 e. The fourth-order valence-electron chi connectivity index (χ4n) is 1.13. The van der Waals surface area contributed by atoms with Gasteiger partial charge in [0, 0.05) is 26.0 Å². The van der Waals surface area contributed by atoms with Crippen molar-refractivity contribution in [1.29, 1.82) is 0 Å². The van der Waals surface area contributed by atoms with Crippen LogP contribution in [0, 0.1) is 0 Å². The highest BCUT2D eigenvalue weighted by Crippen LogP contribution is 1.97. The second kappa shape index (κ2) is 8.17. The number of ether oxygens (including phenoxy) is 1. The van der Waals surface area contributed by atoms with E-state index < -0.39 is 0 Å². The molecule has 1 heterocycles. The molecule has 1 N–H and O–H groups in total. The molecule has 0 aliphatic heterocycles. The van der Waals surface area contributed by atoms with E-state index in [4.69, 9.17) is 4.74 Å². The average Bonchev–Trinajstić information content (AvgIpc) is 2.29. The van der Waals surface area contributed by atoms with Gasteiger partial charge in [0.15, 0.2) is 0 Å². The van der Waals surface area contributed by atoms with Gasteiger partial charge in [-0.2, -0.15) is 5.10 Å². The van der Waals surface area contributed by atoms with Gasteiger partial charge in [0.25, 0.3) is 0 Å². The summed E-state index contributed by atoms with van der Waals surface area (Å²) >= 11 is 0. The highest BCUT2D eigenvalue weighted by atomic mass is 16.5. The summed E-state index contributed by atoms with van der Waals surface area (Å²) in [6.45, 7) is 4.73. The smallest absolute Gasteiger partial charge is 0.148 e. The van der Waals surface area contributed by atoms with Crippen molar-refractivity contribution in [3.63, 3.8) is 0 Å². The van der Waals surface area contributed by atoms with E-state index in [1.54, 1.807) is 6.20 Å². The van der Waals surface area contributed by atoms with Crippen molar-refractivity contribution in [2.45, 2.75) is 26.2 Å². The Labute approximate surface area is 91.1 Å². The molecule has 1 aromatic heterocycles. The zero-order valence-electron chi connectivity index (χ0n) is 9.28. The minimum absolute atomic E-state index is 0.813. The van der Waals surface area contributed by atoms with E-state index in [-0.39, 0.29) is 0 Å². The van der Waals surface area contributed by atoms with E-state index in [0.717, 1.165) is 38.4 Å². The minimum Gasteiger partial charge on any atom is -0.381 e. The fourth-order valence-corrected chi connectivity index (χ4v) is 1.13. The number of nitrogens with zero attached hydrogens (tertiary/aromatic N) is 2. The first-order valence-electron chi connectivity index (χ1n) is 5.53. The Kier molecular flexibility index (Phi) is 6.49. The Balaban J connectivity index is 1.93. The molecule has 4 heteroatoms. The van der Waals surface area contributed by atoms with Crippen LogP contribution in [0.5, 0.6) is 0 Å². The highest BCUT2D eigenvalue weighted by molar-refractivity contribution is 5.30. The van der Waals surface area contributed by atoms with Crippen LogP contribution in [0.1, 0.15) is 26.2 Å². The van der Waals surface area contributed by atoms with E-state index in [2.05, 4.69) is 22.4 Å². The van der Waals surface area contributed by atoms with Crippen molar-refractivity contribution in [2.75, 3.05) is 25.1 Å². The number of rotatable bonds is 8. The van der Waals surface area contributed by atoms with Gasteiger partial charge in [0.1, 0.15) is 5.82 Å². The van der Waals surface area contributed by atoms with Gasteiger partial charge in [-0.3, -0.25) is 0 Å². The molecule has 0 radical (unpaired) electrons. The van der Waals surface area contributed by atoms with Crippen LogP contribution in [0.15, 0.2) is 18.3 Å². The normalized spacial score (nSPS) is 10.2. The Morgan fingerprint density at radius 3 is 2.93 bits per heavy atom. The quantitative estimate of drug-likeness (QED) is 0.666. The zero-order chi connectivity index (χ0) is 10.8. The second-order valence-electron chi connectivity index (χ2n) is 3.36. The lowest BCUT2D eigenvalue weighted by atomic mass is 10.3. The molecular formula is C11H19N3O. The van der Waals surface area contributed by atoms with Gasteiger partial charge in [-0.25, -0.2) is 0 Å². The van der Waals surface area contributed by atoms with Crippen molar-refractivity contribution >= 4 is 5.82 Å². The zero-order valence-corrected chi connectivity index (χ0v) is 9.28. The second-order valence-corrected chi connectivity index (χ2v) is 3.36. The summed E-state index contributed by atoms with van der Waals surface area (Å²) in [5.41, 5.74) is 0. The minimum atomic E-state index is 0.813. The summed E-state index contributed by atoms with van der Waals surface area (Å²) in [7, 11) is 0. The number of anilines is 1. The van der Waals surface area contributed by atoms with Crippen molar-refractivity contribution in [3.8, 4) is 0 Å². The van der Waals surface area contributed by atoms with Crippen LogP contribution in [0.4, 0.5) is 5.82 Å². The van der Waals surface area contributed by atoms with Crippen molar-refractivity contribution in [1.82, 2.24) is 10.2 Å². The van der Waals surface area contributed by atoms with Gasteiger partial charge in [0.2, 0.25) is 0 Å². The van der Waals surface area contributed by atoms with Crippen LogP contribution in [0.3, 0.4) is 0 Å². The lowest BCUT2D eigenvalue weighted by molar-refractivity contribution is 0.131. The van der Waals surface area contributed by atoms with E-state index in [0.29, 0.717) is 0 Å². The maximum absolute atomic E-state index is 5.44. The first-order chi connectivity index (χ1) is 7.43. The molecule has 0 spiro atoms. The van der Waals surface area contributed by atoms with Gasteiger partial charge < -0.3 is 10.1 Å². The van der Waals surface area contributed by atoms with Crippen molar-refractivity contribution in [2.24, 2.45) is 0 Å². The van der Waals surface area contributed by atoms with E-state index in [1.807, 2.05) is 12.1 Å². The summed E-state index contributed by atoms with van der Waals surface area (Å²) in [6.07, 6.45) is 5.01. The van der Waals surface area contributed by atoms with Crippen LogP contribution in [-0.2, 0) is 4.74 Å². The van der Waals surface area contributed by atoms with E-state index in [1.165, 1.54) is 6.42 Å². The van der Waals surface area contributed by atoms with Gasteiger partial charge in [-0.15, -0.1) is 5.10 Å². The number of aromatic nitrogens is 2. The van der Waals surface area contributed by atoms with Crippen LogP contribution in [0.2, 0.25) is 0 Å². The summed E-state index contributed by atoms with van der Waals surface area (Å²) in [4.78, 5) is 0. The predicted octanol–water partition coefficient (Wildman–Crippen LogP) is 2.10. The van der Waals surface area contributed by atoms with Crippen LogP contribution >= 0.6 is 0 Å². The Bertz CT molecular complexity index is 241. The monoisotopic (exact) mass is 209 g/mol. The molecule has 0 aromatic carbocycles. The van der Waals surface area contributed by atoms with Crippen molar-refractivity contribution < 1.29 is 4.74 Å². The van der Waals surface area contributed by atoms with Gasteiger partial charge in [-0.05, 0) is 25.0 Å². The lowest BCUT2D eigenvalue weighted by Crippen LogP contribution is -2.07. The molecule has 84 valence electrons. The maximum atomic E-state index is 5.44. The molecule has 0 saturated carbocycles. The maximum Gasteiger partial charge on any atom is 0.148 e. The molecular weight excluding hydrogens is 190 g/mol. The predicted molar refractivity (Wildman–Crippen MR) is 60.9 cm³/mol. The summed E-state index contributed by atoms with van der Waals surface area (Å²) < 4.78 is 5.44. The van der Waals surface area contributed by atoms with Crippen LogP contribution in [0.25, 0.3) is 0 Å². The molecule has 0 atom stereocenters. The van der Waals surface area contributed by atoms with E-state index in [9.17, 15) is 0 Å². The average molecular weight is 209 g/mol. The fraction of sp³-hybridized carbons (Fsp3) is 0.636. The van der Waals surface area contributed by atoms with Crippen molar-refractivity contribution in [3.05, 3.63) is 18.3 Å². The Morgan fingerprint density at radius 1 is 1.33 bits per heavy atom. The third kappa shape index (κ3) is 6.01. The molecule has 1 rings (SSSR count). The molecule has 0 aliphatic carbocycles.